The number of hydrogen-bond donors (Lipinski definition) is 2. The van der Waals surface area contributed by atoms with Crippen LogP contribution in [0.4, 0.5) is 5.00 Å². The average molecular weight is 368 g/mol. The van der Waals surface area contributed by atoms with Gasteiger partial charge in [0.25, 0.3) is 5.91 Å². The normalized spacial score (nSPS) is 13.1. The Kier molecular flexibility index (Phi) is 6.13. The number of esters is 2. The maximum Gasteiger partial charge on any atom is 0.341 e. The first-order valence-electron chi connectivity index (χ1n) is 7.75. The molecular formula is C16H20N2O6S. The lowest BCUT2D eigenvalue weighted by molar-refractivity contribution is -0.141. The summed E-state index contributed by atoms with van der Waals surface area (Å²) in [6, 6.07) is 0. The molecule has 1 aliphatic carbocycles. The van der Waals surface area contributed by atoms with Crippen molar-refractivity contribution in [2.75, 3.05) is 25.6 Å². The molecule has 0 saturated heterocycles. The third-order valence-electron chi connectivity index (χ3n) is 3.77. The molecule has 0 unspecified atom stereocenters. The Morgan fingerprint density at radius 2 is 1.88 bits per heavy atom. The van der Waals surface area contributed by atoms with Crippen LogP contribution < -0.4 is 10.6 Å². The molecule has 2 rings (SSSR count). The van der Waals surface area contributed by atoms with E-state index >= 15 is 0 Å². The third kappa shape index (κ3) is 5.02. The van der Waals surface area contributed by atoms with Crippen LogP contribution in [0, 0.1) is 19.8 Å². The van der Waals surface area contributed by atoms with Crippen molar-refractivity contribution in [1.82, 2.24) is 5.32 Å². The van der Waals surface area contributed by atoms with Crippen LogP contribution >= 0.6 is 11.3 Å². The molecular weight excluding hydrogens is 348 g/mol. The molecule has 1 saturated carbocycles. The van der Waals surface area contributed by atoms with E-state index in [9.17, 15) is 19.2 Å². The van der Waals surface area contributed by atoms with Crippen LogP contribution in [0.1, 0.15) is 33.6 Å². The number of amides is 2. The molecule has 1 fully saturated rings. The molecule has 0 aromatic carbocycles. The predicted octanol–water partition coefficient (Wildman–Crippen LogP) is 1.16. The van der Waals surface area contributed by atoms with E-state index in [-0.39, 0.29) is 23.9 Å². The highest BCUT2D eigenvalue weighted by molar-refractivity contribution is 7.16. The number of hydrogen-bond acceptors (Lipinski definition) is 7. The van der Waals surface area contributed by atoms with Gasteiger partial charge in [-0.15, -0.1) is 11.3 Å². The lowest BCUT2D eigenvalue weighted by atomic mass is 10.1. The molecule has 1 aromatic heterocycles. The quantitative estimate of drug-likeness (QED) is 0.699. The van der Waals surface area contributed by atoms with Gasteiger partial charge in [-0.2, -0.15) is 0 Å². The van der Waals surface area contributed by atoms with Crippen molar-refractivity contribution in [3.63, 3.8) is 0 Å². The van der Waals surface area contributed by atoms with Crippen LogP contribution in [-0.4, -0.2) is 44.0 Å². The smallest absolute Gasteiger partial charge is 0.341 e. The van der Waals surface area contributed by atoms with Gasteiger partial charge < -0.3 is 20.1 Å². The van der Waals surface area contributed by atoms with Crippen molar-refractivity contribution in [2.45, 2.75) is 26.7 Å². The standard InChI is InChI=1S/C16H20N2O6S/c1-8-9(2)25-15(18-14(21)10-4-5-10)13(8)16(22)24-7-11(19)17-6-12(20)23-3/h10H,4-7H2,1-3H3,(H,17,19)(H,18,21). The minimum Gasteiger partial charge on any atom is -0.468 e. The first kappa shape index (κ1) is 18.9. The van der Waals surface area contributed by atoms with Crippen molar-refractivity contribution in [3.8, 4) is 0 Å². The van der Waals surface area contributed by atoms with E-state index in [4.69, 9.17) is 4.74 Å². The van der Waals surface area contributed by atoms with Crippen molar-refractivity contribution in [2.24, 2.45) is 5.92 Å². The predicted molar refractivity (Wildman–Crippen MR) is 90.5 cm³/mol. The van der Waals surface area contributed by atoms with Crippen molar-refractivity contribution in [3.05, 3.63) is 16.0 Å². The van der Waals surface area contributed by atoms with E-state index < -0.39 is 24.5 Å². The monoisotopic (exact) mass is 368 g/mol. The second-order valence-corrected chi connectivity index (χ2v) is 6.90. The van der Waals surface area contributed by atoms with Crippen molar-refractivity contribution < 1.29 is 28.7 Å². The molecule has 0 atom stereocenters. The van der Waals surface area contributed by atoms with Gasteiger partial charge in [0.15, 0.2) is 6.61 Å². The second-order valence-electron chi connectivity index (χ2n) is 5.68. The van der Waals surface area contributed by atoms with E-state index in [0.29, 0.717) is 10.6 Å². The van der Waals surface area contributed by atoms with Crippen LogP contribution in [-0.2, 0) is 23.9 Å². The summed E-state index contributed by atoms with van der Waals surface area (Å²) in [6.45, 7) is 2.77. The molecule has 1 aromatic rings. The number of methoxy groups -OCH3 is 1. The van der Waals surface area contributed by atoms with E-state index in [0.717, 1.165) is 17.7 Å². The summed E-state index contributed by atoms with van der Waals surface area (Å²) < 4.78 is 9.39. The van der Waals surface area contributed by atoms with Gasteiger partial charge in [0.05, 0.1) is 12.7 Å². The molecule has 0 bridgehead atoms. The van der Waals surface area contributed by atoms with Crippen molar-refractivity contribution >= 4 is 40.1 Å². The lowest BCUT2D eigenvalue weighted by Crippen LogP contribution is -2.33. The zero-order valence-electron chi connectivity index (χ0n) is 14.3. The molecule has 2 N–H and O–H groups in total. The van der Waals surface area contributed by atoms with Gasteiger partial charge in [-0.25, -0.2) is 4.79 Å². The molecule has 0 spiro atoms. The Balaban J connectivity index is 1.97. The van der Waals surface area contributed by atoms with Crippen molar-refractivity contribution in [1.29, 1.82) is 0 Å². The molecule has 25 heavy (non-hydrogen) atoms. The highest BCUT2D eigenvalue weighted by Gasteiger charge is 2.31. The average Bonchev–Trinajstić information content (AvgIpc) is 3.38. The van der Waals surface area contributed by atoms with Crippen LogP contribution in [0.25, 0.3) is 0 Å². The second kappa shape index (κ2) is 8.11. The number of carbonyl (C=O) groups excluding carboxylic acids is 4. The van der Waals surface area contributed by atoms with E-state index in [1.807, 2.05) is 6.92 Å². The minimum atomic E-state index is -0.693. The van der Waals surface area contributed by atoms with Gasteiger partial charge in [0.1, 0.15) is 11.5 Å². The summed E-state index contributed by atoms with van der Waals surface area (Å²) in [4.78, 5) is 47.7. The maximum atomic E-state index is 12.3. The SMILES string of the molecule is COC(=O)CNC(=O)COC(=O)c1c(NC(=O)C2CC2)sc(C)c1C. The molecule has 2 amide bonds. The maximum absolute atomic E-state index is 12.3. The number of thiophene rings is 1. The highest BCUT2D eigenvalue weighted by Crippen LogP contribution is 2.36. The van der Waals surface area contributed by atoms with Gasteiger partial charge >= 0.3 is 11.9 Å². The Morgan fingerprint density at radius 3 is 2.48 bits per heavy atom. The van der Waals surface area contributed by atoms with Gasteiger partial charge in [0.2, 0.25) is 5.91 Å². The topological polar surface area (TPSA) is 111 Å². The summed E-state index contributed by atoms with van der Waals surface area (Å²) >= 11 is 1.30. The number of nitrogens with one attached hydrogen (secondary N) is 2. The molecule has 0 aliphatic heterocycles. The molecule has 1 heterocycles. The molecule has 0 radical (unpaired) electrons. The fourth-order valence-electron chi connectivity index (χ4n) is 2.02. The lowest BCUT2D eigenvalue weighted by Gasteiger charge is -2.08. The van der Waals surface area contributed by atoms with Gasteiger partial charge in [-0.3, -0.25) is 14.4 Å². The fourth-order valence-corrected chi connectivity index (χ4v) is 3.07. The summed E-state index contributed by atoms with van der Waals surface area (Å²) in [5, 5.41) is 5.48. The third-order valence-corrected chi connectivity index (χ3v) is 4.89. The Bertz CT molecular complexity index is 708. The highest BCUT2D eigenvalue weighted by atomic mass is 32.1. The number of aryl methyl sites for hydroxylation is 1. The Labute approximate surface area is 148 Å². The number of rotatable bonds is 7. The zero-order valence-corrected chi connectivity index (χ0v) is 15.1. The van der Waals surface area contributed by atoms with Crippen LogP contribution in [0.2, 0.25) is 0 Å². The largest absolute Gasteiger partial charge is 0.468 e. The van der Waals surface area contributed by atoms with Gasteiger partial charge in [-0.05, 0) is 32.3 Å². The first-order chi connectivity index (χ1) is 11.8. The summed E-state index contributed by atoms with van der Waals surface area (Å²) in [6.07, 6.45) is 1.71. The van der Waals surface area contributed by atoms with Crippen LogP contribution in [0.5, 0.6) is 0 Å². The van der Waals surface area contributed by atoms with E-state index in [1.54, 1.807) is 6.92 Å². The molecule has 9 heteroatoms. The number of ether oxygens (including phenoxy) is 2. The number of carbonyl (C=O) groups is 4. The fraction of sp³-hybridized carbons (Fsp3) is 0.500. The molecule has 136 valence electrons. The number of anilines is 1. The van der Waals surface area contributed by atoms with Crippen LogP contribution in [0.3, 0.4) is 0 Å². The van der Waals surface area contributed by atoms with Gasteiger partial charge in [-0.1, -0.05) is 0 Å². The Morgan fingerprint density at radius 1 is 1.20 bits per heavy atom. The minimum absolute atomic E-state index is 0.00989. The van der Waals surface area contributed by atoms with Crippen LogP contribution in [0.15, 0.2) is 0 Å². The van der Waals surface area contributed by atoms with E-state index in [2.05, 4.69) is 15.4 Å². The molecule has 1 aliphatic rings. The van der Waals surface area contributed by atoms with E-state index in [1.165, 1.54) is 18.4 Å². The zero-order chi connectivity index (χ0) is 18.6. The summed E-state index contributed by atoms with van der Waals surface area (Å²) in [7, 11) is 1.20. The molecule has 8 nitrogen and oxygen atoms in total. The Hall–Kier alpha value is -2.42. The summed E-state index contributed by atoms with van der Waals surface area (Å²) in [5.41, 5.74) is 0.966. The first-order valence-corrected chi connectivity index (χ1v) is 8.56. The van der Waals surface area contributed by atoms with Gasteiger partial charge in [0, 0.05) is 10.8 Å². The summed E-state index contributed by atoms with van der Waals surface area (Å²) in [5.74, 6) is -2.01.